The van der Waals surface area contributed by atoms with Crippen LogP contribution in [0.5, 0.6) is 5.75 Å². The molecule has 1 aromatic heterocycles. The molecule has 2 aliphatic rings. The molecule has 1 aromatic carbocycles. The molecule has 1 N–H and O–H groups in total. The highest BCUT2D eigenvalue weighted by Crippen LogP contribution is 2.41. The van der Waals surface area contributed by atoms with Crippen molar-refractivity contribution in [2.45, 2.75) is 38.3 Å². The smallest absolute Gasteiger partial charge is 0.226 e. The summed E-state index contributed by atoms with van der Waals surface area (Å²) in [6, 6.07) is 10.3. The van der Waals surface area contributed by atoms with Crippen molar-refractivity contribution in [3.05, 3.63) is 47.3 Å². The van der Waals surface area contributed by atoms with Gasteiger partial charge in [0.05, 0.1) is 26.0 Å². The van der Waals surface area contributed by atoms with Crippen LogP contribution in [-0.4, -0.2) is 55.4 Å². The summed E-state index contributed by atoms with van der Waals surface area (Å²) >= 11 is 0. The molecular weight excluding hydrogens is 370 g/mol. The number of aryl methyl sites for hydroxylation is 1. The van der Waals surface area contributed by atoms with E-state index in [1.54, 1.807) is 7.11 Å². The predicted molar refractivity (Wildman–Crippen MR) is 108 cm³/mol. The number of rotatable bonds is 6. The molecule has 7 heteroatoms. The van der Waals surface area contributed by atoms with Gasteiger partial charge in [-0.3, -0.25) is 4.79 Å². The fourth-order valence-corrected chi connectivity index (χ4v) is 4.47. The highest BCUT2D eigenvalue weighted by molar-refractivity contribution is 5.80. The molecule has 0 radical (unpaired) electrons. The van der Waals surface area contributed by atoms with Crippen molar-refractivity contribution in [2.75, 3.05) is 33.4 Å². The quantitative estimate of drug-likeness (QED) is 0.804. The zero-order valence-electron chi connectivity index (χ0n) is 17.1. The Morgan fingerprint density at radius 3 is 2.66 bits per heavy atom. The molecule has 1 saturated heterocycles. The van der Waals surface area contributed by atoms with Crippen LogP contribution < -0.4 is 10.1 Å². The molecule has 2 fully saturated rings. The Morgan fingerprint density at radius 1 is 1.24 bits per heavy atom. The summed E-state index contributed by atoms with van der Waals surface area (Å²) in [5.74, 6) is 2.05. The van der Waals surface area contributed by atoms with E-state index in [1.165, 1.54) is 5.56 Å². The number of amides is 1. The Bertz CT molecular complexity index is 814. The molecule has 1 amide bonds. The number of carbonyl (C=O) groups excluding carboxylic acids is 1. The molecule has 29 heavy (non-hydrogen) atoms. The number of methoxy groups -OCH3 is 1. The number of nitrogens with zero attached hydrogens (tertiary/aromatic N) is 2. The summed E-state index contributed by atoms with van der Waals surface area (Å²) < 4.78 is 15.9. The Kier molecular flexibility index (Phi) is 6.16. The number of morpholine rings is 1. The van der Waals surface area contributed by atoms with Crippen LogP contribution in [0.1, 0.15) is 35.8 Å². The minimum atomic E-state index is -0.0296. The highest BCUT2D eigenvalue weighted by Gasteiger charge is 2.41. The van der Waals surface area contributed by atoms with Crippen LogP contribution in [0.25, 0.3) is 0 Å². The first-order chi connectivity index (χ1) is 14.1. The normalized spacial score (nSPS) is 24.6. The first-order valence-electron chi connectivity index (χ1n) is 10.3. The van der Waals surface area contributed by atoms with Gasteiger partial charge < -0.3 is 24.2 Å². The summed E-state index contributed by atoms with van der Waals surface area (Å²) in [6.45, 7) is 5.15. The van der Waals surface area contributed by atoms with Gasteiger partial charge in [0.25, 0.3) is 0 Å². The summed E-state index contributed by atoms with van der Waals surface area (Å²) in [7, 11) is 1.67. The third kappa shape index (κ3) is 4.62. The number of aromatic nitrogens is 1. The summed E-state index contributed by atoms with van der Waals surface area (Å²) in [4.78, 5) is 15.3. The molecule has 0 unspecified atom stereocenters. The summed E-state index contributed by atoms with van der Waals surface area (Å²) in [5, 5.41) is 7.64. The fraction of sp³-hybridized carbons (Fsp3) is 0.545. The summed E-state index contributed by atoms with van der Waals surface area (Å²) in [5.41, 5.74) is 2.09. The van der Waals surface area contributed by atoms with Crippen molar-refractivity contribution in [1.82, 2.24) is 15.4 Å². The SMILES string of the molecule is COc1ccc([C@H]2C[C@H](NCc3cc(C)on3)C[C@@H]2C(=O)N2CCOCC2)cc1. The molecule has 1 aliphatic carbocycles. The van der Waals surface area contributed by atoms with Crippen LogP contribution in [-0.2, 0) is 16.1 Å². The lowest BCUT2D eigenvalue weighted by Crippen LogP contribution is -2.44. The molecule has 2 heterocycles. The van der Waals surface area contributed by atoms with E-state index < -0.39 is 0 Å². The van der Waals surface area contributed by atoms with Gasteiger partial charge >= 0.3 is 0 Å². The minimum absolute atomic E-state index is 0.0296. The Morgan fingerprint density at radius 2 is 2.00 bits per heavy atom. The lowest BCUT2D eigenvalue weighted by molar-refractivity contribution is -0.140. The molecule has 1 saturated carbocycles. The van der Waals surface area contributed by atoms with Crippen LogP contribution in [0.2, 0.25) is 0 Å². The zero-order valence-corrected chi connectivity index (χ0v) is 17.1. The lowest BCUT2D eigenvalue weighted by atomic mass is 9.88. The molecule has 2 aromatic rings. The first-order valence-corrected chi connectivity index (χ1v) is 10.3. The third-order valence-electron chi connectivity index (χ3n) is 6.00. The van der Waals surface area contributed by atoms with Gasteiger partial charge in [0.15, 0.2) is 0 Å². The van der Waals surface area contributed by atoms with Crippen LogP contribution >= 0.6 is 0 Å². The van der Waals surface area contributed by atoms with Crippen molar-refractivity contribution in [1.29, 1.82) is 0 Å². The predicted octanol–water partition coefficient (Wildman–Crippen LogP) is 2.50. The van der Waals surface area contributed by atoms with Crippen molar-refractivity contribution in [2.24, 2.45) is 5.92 Å². The number of ether oxygens (including phenoxy) is 2. The van der Waals surface area contributed by atoms with Crippen molar-refractivity contribution in [3.8, 4) is 5.75 Å². The molecule has 0 bridgehead atoms. The summed E-state index contributed by atoms with van der Waals surface area (Å²) in [6.07, 6.45) is 1.74. The van der Waals surface area contributed by atoms with Crippen LogP contribution in [0.4, 0.5) is 0 Å². The zero-order chi connectivity index (χ0) is 20.2. The van der Waals surface area contributed by atoms with Gasteiger partial charge in [0, 0.05) is 37.7 Å². The number of hydrogen-bond acceptors (Lipinski definition) is 6. The largest absolute Gasteiger partial charge is 0.497 e. The van der Waals surface area contributed by atoms with Gasteiger partial charge in [-0.15, -0.1) is 0 Å². The second kappa shape index (κ2) is 8.97. The first kappa shape index (κ1) is 19.9. The van der Waals surface area contributed by atoms with Gasteiger partial charge in [0.1, 0.15) is 11.5 Å². The van der Waals surface area contributed by atoms with E-state index in [9.17, 15) is 4.79 Å². The monoisotopic (exact) mass is 399 g/mol. The third-order valence-corrected chi connectivity index (χ3v) is 6.00. The second-order valence-corrected chi connectivity index (χ2v) is 7.90. The van der Waals surface area contributed by atoms with Crippen LogP contribution in [0, 0.1) is 12.8 Å². The van der Waals surface area contributed by atoms with Crippen molar-refractivity contribution >= 4 is 5.91 Å². The minimum Gasteiger partial charge on any atom is -0.497 e. The van der Waals surface area contributed by atoms with Crippen molar-refractivity contribution in [3.63, 3.8) is 0 Å². The molecule has 4 rings (SSSR count). The van der Waals surface area contributed by atoms with E-state index >= 15 is 0 Å². The number of carbonyl (C=O) groups is 1. The standard InChI is InChI=1S/C22H29N3O4/c1-15-11-18(24-29-15)14-23-17-12-20(16-3-5-19(27-2)6-4-16)21(13-17)22(26)25-7-9-28-10-8-25/h3-6,11,17,20-21,23H,7-10,12-14H2,1-2H3/t17-,20+,21-/m0/s1. The molecule has 1 aliphatic heterocycles. The topological polar surface area (TPSA) is 76.8 Å². The van der Waals surface area contributed by atoms with E-state index in [2.05, 4.69) is 22.6 Å². The van der Waals surface area contributed by atoms with Crippen LogP contribution in [0.15, 0.2) is 34.9 Å². The fourth-order valence-electron chi connectivity index (χ4n) is 4.47. The number of nitrogens with one attached hydrogen (secondary N) is 1. The molecule has 156 valence electrons. The average molecular weight is 399 g/mol. The van der Waals surface area contributed by atoms with Crippen LogP contribution in [0.3, 0.4) is 0 Å². The maximum atomic E-state index is 13.3. The Labute approximate surface area is 171 Å². The van der Waals surface area contributed by atoms with Gasteiger partial charge in [0.2, 0.25) is 5.91 Å². The number of hydrogen-bond donors (Lipinski definition) is 1. The van der Waals surface area contributed by atoms with E-state index in [0.717, 1.165) is 30.0 Å². The van der Waals surface area contributed by atoms with Gasteiger partial charge in [-0.05, 0) is 43.4 Å². The van der Waals surface area contributed by atoms with Gasteiger partial charge in [-0.25, -0.2) is 0 Å². The van der Waals surface area contributed by atoms with E-state index in [-0.39, 0.29) is 23.8 Å². The molecule has 7 nitrogen and oxygen atoms in total. The number of benzene rings is 1. The Balaban J connectivity index is 1.49. The second-order valence-electron chi connectivity index (χ2n) is 7.90. The highest BCUT2D eigenvalue weighted by atomic mass is 16.5. The van der Waals surface area contributed by atoms with Gasteiger partial charge in [-0.1, -0.05) is 17.3 Å². The average Bonchev–Trinajstić information content (AvgIpc) is 3.38. The van der Waals surface area contributed by atoms with Gasteiger partial charge in [-0.2, -0.15) is 0 Å². The maximum Gasteiger partial charge on any atom is 0.226 e. The van der Waals surface area contributed by atoms with Crippen molar-refractivity contribution < 1.29 is 18.8 Å². The molecular formula is C22H29N3O4. The lowest BCUT2D eigenvalue weighted by Gasteiger charge is -2.31. The molecule has 0 spiro atoms. The maximum absolute atomic E-state index is 13.3. The van der Waals surface area contributed by atoms with E-state index in [1.807, 2.05) is 30.0 Å². The Hall–Kier alpha value is -2.38. The van der Waals surface area contributed by atoms with E-state index in [0.29, 0.717) is 32.8 Å². The van der Waals surface area contributed by atoms with E-state index in [4.69, 9.17) is 14.0 Å². The molecule has 3 atom stereocenters.